The van der Waals surface area contributed by atoms with Crippen molar-refractivity contribution in [2.45, 2.75) is 6.42 Å². The fraction of sp³-hybridized carbons (Fsp3) is 0.0909. The van der Waals surface area contributed by atoms with Crippen LogP contribution < -0.4 is 16.2 Å². The number of nitrogens with one attached hydrogen (secondary N) is 3. The van der Waals surface area contributed by atoms with Gasteiger partial charge in [0.05, 0.1) is 21.4 Å². The van der Waals surface area contributed by atoms with Gasteiger partial charge in [-0.2, -0.15) is 0 Å². The van der Waals surface area contributed by atoms with Crippen LogP contribution in [0.2, 0.25) is 0 Å². The first-order chi connectivity index (χ1) is 15.9. The molecule has 11 heteroatoms. The quantitative estimate of drug-likeness (QED) is 0.291. The summed E-state index contributed by atoms with van der Waals surface area (Å²) >= 11 is 0. The van der Waals surface area contributed by atoms with Crippen LogP contribution >= 0.6 is 0 Å². The predicted octanol–water partition coefficient (Wildman–Crippen LogP) is 3.08. The highest BCUT2D eigenvalue weighted by atomic mass is 19.1. The number of pyridine rings is 1. The maximum Gasteiger partial charge on any atom is 0.271 e. The Morgan fingerprint density at radius 3 is 2.67 bits per heavy atom. The first kappa shape index (κ1) is 21.6. The molecule has 1 amide bonds. The molecule has 0 unspecified atom stereocenters. The van der Waals surface area contributed by atoms with Crippen molar-refractivity contribution >= 4 is 34.1 Å². The van der Waals surface area contributed by atoms with Crippen molar-refractivity contribution in [1.29, 1.82) is 0 Å². The molecule has 4 aromatic rings. The number of nitro groups is 1. The number of nitro benzene ring substituents is 1. The standard InChI is InChI=1S/C22H17FN6O4/c23-14-3-5-15(6-4-14)26-22-27-19-17(10-16(29(32)33)11-18(19)21(31)28-22)20(30)25-9-7-13-2-1-8-24-12-13/h1-6,8,10-12H,7,9H2,(H,25,30)(H2,26,27,28,31). The molecule has 0 aliphatic carbocycles. The molecule has 0 aliphatic rings. The number of carbonyl (C=O) groups is 1. The van der Waals surface area contributed by atoms with Gasteiger partial charge in [-0.3, -0.25) is 29.7 Å². The monoisotopic (exact) mass is 448 g/mol. The highest BCUT2D eigenvalue weighted by Gasteiger charge is 2.20. The highest BCUT2D eigenvalue weighted by Crippen LogP contribution is 2.23. The van der Waals surface area contributed by atoms with Crippen LogP contribution in [0.25, 0.3) is 10.9 Å². The number of fused-ring (bicyclic) bond motifs is 1. The number of hydrogen-bond donors (Lipinski definition) is 3. The van der Waals surface area contributed by atoms with Crippen molar-refractivity contribution in [1.82, 2.24) is 20.3 Å². The minimum Gasteiger partial charge on any atom is -0.352 e. The third kappa shape index (κ3) is 4.98. The van der Waals surface area contributed by atoms with E-state index < -0.39 is 27.9 Å². The minimum atomic E-state index is -0.685. The molecule has 3 N–H and O–H groups in total. The molecule has 0 radical (unpaired) electrons. The molecule has 0 saturated heterocycles. The number of hydrogen-bond acceptors (Lipinski definition) is 7. The Labute approximate surface area is 185 Å². The van der Waals surface area contributed by atoms with Gasteiger partial charge in [-0.25, -0.2) is 9.37 Å². The molecular formula is C22H17FN6O4. The molecule has 10 nitrogen and oxygen atoms in total. The van der Waals surface area contributed by atoms with Crippen molar-refractivity contribution < 1.29 is 14.1 Å². The van der Waals surface area contributed by atoms with Gasteiger partial charge < -0.3 is 10.6 Å². The Balaban J connectivity index is 1.68. The number of carbonyl (C=O) groups excluding carboxylic acids is 1. The van der Waals surface area contributed by atoms with Gasteiger partial charge >= 0.3 is 0 Å². The summed E-state index contributed by atoms with van der Waals surface area (Å²) in [5.74, 6) is -1.05. The molecule has 0 aliphatic heterocycles. The Morgan fingerprint density at radius 1 is 1.18 bits per heavy atom. The Hall–Kier alpha value is -4.67. The topological polar surface area (TPSA) is 143 Å². The van der Waals surface area contributed by atoms with Crippen molar-refractivity contribution in [3.8, 4) is 0 Å². The van der Waals surface area contributed by atoms with Crippen molar-refractivity contribution in [3.63, 3.8) is 0 Å². The number of H-pyrrole nitrogens is 1. The summed E-state index contributed by atoms with van der Waals surface area (Å²) in [5, 5.41) is 16.8. The van der Waals surface area contributed by atoms with E-state index in [-0.39, 0.29) is 29.0 Å². The number of nitrogens with zero attached hydrogens (tertiary/aromatic N) is 3. The van der Waals surface area contributed by atoms with Crippen LogP contribution in [-0.4, -0.2) is 32.3 Å². The second-order valence-electron chi connectivity index (χ2n) is 7.06. The van der Waals surface area contributed by atoms with E-state index in [4.69, 9.17) is 0 Å². The Morgan fingerprint density at radius 2 is 1.97 bits per heavy atom. The van der Waals surface area contributed by atoms with E-state index in [1.807, 2.05) is 6.07 Å². The largest absolute Gasteiger partial charge is 0.352 e. The molecule has 2 aromatic heterocycles. The molecule has 33 heavy (non-hydrogen) atoms. The minimum absolute atomic E-state index is 0.00243. The van der Waals surface area contributed by atoms with Gasteiger partial charge in [0.1, 0.15) is 5.82 Å². The summed E-state index contributed by atoms with van der Waals surface area (Å²) in [6.45, 7) is 0.249. The summed E-state index contributed by atoms with van der Waals surface area (Å²) in [7, 11) is 0. The average Bonchev–Trinajstić information content (AvgIpc) is 2.80. The number of non-ortho nitro benzene ring substituents is 1. The lowest BCUT2D eigenvalue weighted by Crippen LogP contribution is -2.27. The summed E-state index contributed by atoms with van der Waals surface area (Å²) < 4.78 is 13.1. The summed E-state index contributed by atoms with van der Waals surface area (Å²) in [5.41, 5.74) is 0.154. The van der Waals surface area contributed by atoms with Crippen LogP contribution in [0.5, 0.6) is 0 Å². The fourth-order valence-corrected chi connectivity index (χ4v) is 3.20. The van der Waals surface area contributed by atoms with Crippen LogP contribution in [-0.2, 0) is 6.42 Å². The molecule has 0 bridgehead atoms. The SMILES string of the molecule is O=C(NCCc1cccnc1)c1cc([N+](=O)[O-])cc2c(=O)[nH]c(Nc3ccc(F)cc3)nc12. The summed E-state index contributed by atoms with van der Waals surface area (Å²) in [6, 6.07) is 11.1. The van der Waals surface area contributed by atoms with Gasteiger partial charge in [-0.05, 0) is 42.3 Å². The van der Waals surface area contributed by atoms with Crippen LogP contribution in [0.4, 0.5) is 21.7 Å². The first-order valence-electron chi connectivity index (χ1n) is 9.83. The molecular weight excluding hydrogens is 431 g/mol. The molecule has 166 valence electrons. The lowest BCUT2D eigenvalue weighted by atomic mass is 10.1. The normalized spacial score (nSPS) is 10.7. The van der Waals surface area contributed by atoms with Gasteiger partial charge in [-0.15, -0.1) is 0 Å². The maximum absolute atomic E-state index is 13.1. The van der Waals surface area contributed by atoms with Crippen molar-refractivity contribution in [3.05, 3.63) is 98.3 Å². The molecule has 0 fully saturated rings. The van der Waals surface area contributed by atoms with Gasteiger partial charge in [0.15, 0.2) is 0 Å². The van der Waals surface area contributed by atoms with Gasteiger partial charge in [0.2, 0.25) is 5.95 Å². The Kier molecular flexibility index (Phi) is 6.02. The molecule has 0 saturated carbocycles. The number of aromatic nitrogens is 3. The van der Waals surface area contributed by atoms with E-state index in [9.17, 15) is 24.1 Å². The second kappa shape index (κ2) is 9.22. The van der Waals surface area contributed by atoms with E-state index in [2.05, 4.69) is 25.6 Å². The van der Waals surface area contributed by atoms with Crippen LogP contribution in [0.3, 0.4) is 0 Å². The van der Waals surface area contributed by atoms with Gasteiger partial charge in [0.25, 0.3) is 17.2 Å². The molecule has 2 heterocycles. The van der Waals surface area contributed by atoms with Crippen molar-refractivity contribution in [2.75, 3.05) is 11.9 Å². The smallest absolute Gasteiger partial charge is 0.271 e. The van der Waals surface area contributed by atoms with Crippen LogP contribution in [0.1, 0.15) is 15.9 Å². The number of amides is 1. The van der Waals surface area contributed by atoms with Gasteiger partial charge in [0, 0.05) is 36.8 Å². The zero-order chi connectivity index (χ0) is 23.4. The maximum atomic E-state index is 13.1. The fourth-order valence-electron chi connectivity index (χ4n) is 3.20. The van der Waals surface area contributed by atoms with Crippen LogP contribution in [0.15, 0.2) is 65.7 Å². The van der Waals surface area contributed by atoms with E-state index in [1.165, 1.54) is 24.3 Å². The molecule has 4 rings (SSSR count). The lowest BCUT2D eigenvalue weighted by Gasteiger charge is -2.10. The zero-order valence-corrected chi connectivity index (χ0v) is 17.0. The van der Waals surface area contributed by atoms with Crippen molar-refractivity contribution in [2.24, 2.45) is 0 Å². The molecule has 2 aromatic carbocycles. The predicted molar refractivity (Wildman–Crippen MR) is 119 cm³/mol. The Bertz CT molecular complexity index is 1390. The van der Waals surface area contributed by atoms with E-state index in [0.29, 0.717) is 12.1 Å². The number of rotatable bonds is 7. The lowest BCUT2D eigenvalue weighted by molar-refractivity contribution is -0.384. The number of halogens is 1. The third-order valence-corrected chi connectivity index (χ3v) is 4.78. The highest BCUT2D eigenvalue weighted by molar-refractivity contribution is 6.06. The second-order valence-corrected chi connectivity index (χ2v) is 7.06. The van der Waals surface area contributed by atoms with E-state index in [0.717, 1.165) is 17.7 Å². The summed E-state index contributed by atoms with van der Waals surface area (Å²) in [4.78, 5) is 47.0. The third-order valence-electron chi connectivity index (χ3n) is 4.78. The molecule has 0 atom stereocenters. The van der Waals surface area contributed by atoms with E-state index in [1.54, 1.807) is 18.5 Å². The zero-order valence-electron chi connectivity index (χ0n) is 17.0. The number of anilines is 2. The number of aromatic amines is 1. The van der Waals surface area contributed by atoms with E-state index >= 15 is 0 Å². The molecule has 0 spiro atoms. The average molecular weight is 448 g/mol. The first-order valence-corrected chi connectivity index (χ1v) is 9.83. The van der Waals surface area contributed by atoms with Crippen LogP contribution in [0, 0.1) is 15.9 Å². The summed E-state index contributed by atoms with van der Waals surface area (Å²) in [6.07, 6.45) is 3.80. The van der Waals surface area contributed by atoms with Gasteiger partial charge in [-0.1, -0.05) is 6.07 Å². The number of benzene rings is 2.